The van der Waals surface area contributed by atoms with Crippen molar-refractivity contribution < 1.29 is 9.53 Å². The van der Waals surface area contributed by atoms with Crippen LogP contribution >= 0.6 is 0 Å². The van der Waals surface area contributed by atoms with Crippen LogP contribution in [0.2, 0.25) is 0 Å². The molecule has 4 nitrogen and oxygen atoms in total. The number of rotatable bonds is 5. The molecule has 0 radical (unpaired) electrons. The Bertz CT molecular complexity index is 570. The molecule has 4 heteroatoms. The first-order chi connectivity index (χ1) is 9.72. The monoisotopic (exact) mass is 270 g/mol. The highest BCUT2D eigenvalue weighted by molar-refractivity contribution is 5.77. The lowest BCUT2D eigenvalue weighted by Crippen LogP contribution is -2.29. The van der Waals surface area contributed by atoms with Gasteiger partial charge in [0, 0.05) is 12.7 Å². The second-order valence-electron chi connectivity index (χ2n) is 4.51. The van der Waals surface area contributed by atoms with Gasteiger partial charge in [0.15, 0.2) is 0 Å². The molecular weight excluding hydrogens is 252 g/mol. The van der Waals surface area contributed by atoms with E-state index in [2.05, 4.69) is 10.3 Å². The maximum Gasteiger partial charge on any atom is 0.327 e. The van der Waals surface area contributed by atoms with Gasteiger partial charge in [-0.05, 0) is 24.1 Å². The maximum absolute atomic E-state index is 11.9. The van der Waals surface area contributed by atoms with Gasteiger partial charge >= 0.3 is 5.97 Å². The van der Waals surface area contributed by atoms with Crippen molar-refractivity contribution in [2.45, 2.75) is 19.5 Å². The Morgan fingerprint density at radius 1 is 1.25 bits per heavy atom. The number of aromatic nitrogens is 1. The van der Waals surface area contributed by atoms with Gasteiger partial charge in [-0.2, -0.15) is 0 Å². The second kappa shape index (κ2) is 6.82. The minimum atomic E-state index is -0.484. The van der Waals surface area contributed by atoms with Crippen LogP contribution in [0.25, 0.3) is 0 Å². The molecule has 0 saturated heterocycles. The summed E-state index contributed by atoms with van der Waals surface area (Å²) >= 11 is 0. The number of nitrogens with one attached hydrogen (secondary N) is 1. The summed E-state index contributed by atoms with van der Waals surface area (Å²) in [5.41, 5.74) is 2.90. The maximum atomic E-state index is 11.9. The summed E-state index contributed by atoms with van der Waals surface area (Å²) in [4.78, 5) is 16.2. The summed E-state index contributed by atoms with van der Waals surface area (Å²) in [7, 11) is 1.39. The summed E-state index contributed by atoms with van der Waals surface area (Å²) < 4.78 is 4.86. The van der Waals surface area contributed by atoms with Gasteiger partial charge in [0.1, 0.15) is 6.04 Å². The minimum absolute atomic E-state index is 0.301. The van der Waals surface area contributed by atoms with Gasteiger partial charge in [0.25, 0.3) is 0 Å². The fourth-order valence-corrected chi connectivity index (χ4v) is 2.00. The van der Waals surface area contributed by atoms with Crippen LogP contribution in [0, 0.1) is 6.92 Å². The number of benzene rings is 1. The summed E-state index contributed by atoms with van der Waals surface area (Å²) in [5, 5.41) is 3.21. The highest BCUT2D eigenvalue weighted by Gasteiger charge is 2.20. The molecule has 0 aliphatic carbocycles. The molecule has 0 saturated carbocycles. The molecular formula is C16H18N2O2. The average Bonchev–Trinajstić information content (AvgIpc) is 2.50. The number of hydrogen-bond donors (Lipinski definition) is 1. The predicted octanol–water partition coefficient (Wildman–Crippen LogP) is 2.39. The quantitative estimate of drug-likeness (QED) is 0.848. The van der Waals surface area contributed by atoms with Gasteiger partial charge < -0.3 is 4.74 Å². The number of methoxy groups -OCH3 is 1. The number of ether oxygens (including phenoxy) is 1. The first kappa shape index (κ1) is 14.2. The third-order valence-electron chi connectivity index (χ3n) is 3.16. The van der Waals surface area contributed by atoms with Crippen LogP contribution in [-0.2, 0) is 16.1 Å². The zero-order valence-electron chi connectivity index (χ0n) is 11.7. The number of nitrogens with zero attached hydrogens (tertiary/aromatic N) is 1. The molecule has 104 valence electrons. The van der Waals surface area contributed by atoms with E-state index in [1.807, 2.05) is 49.4 Å². The molecule has 0 spiro atoms. The number of aryl methyl sites for hydroxylation is 1. The Morgan fingerprint density at radius 2 is 2.00 bits per heavy atom. The molecule has 1 unspecified atom stereocenters. The molecule has 0 amide bonds. The average molecular weight is 270 g/mol. The van der Waals surface area contributed by atoms with E-state index in [1.54, 1.807) is 6.20 Å². The van der Waals surface area contributed by atoms with E-state index < -0.39 is 6.04 Å². The van der Waals surface area contributed by atoms with Crippen molar-refractivity contribution in [1.29, 1.82) is 0 Å². The van der Waals surface area contributed by atoms with Crippen LogP contribution < -0.4 is 5.32 Å². The SMILES string of the molecule is COC(=O)C(NCc1ncccc1C)c1ccccc1. The van der Waals surface area contributed by atoms with Crippen LogP contribution in [0.4, 0.5) is 0 Å². The Hall–Kier alpha value is -2.20. The van der Waals surface area contributed by atoms with Crippen LogP contribution in [-0.4, -0.2) is 18.1 Å². The number of hydrogen-bond acceptors (Lipinski definition) is 4. The summed E-state index contributed by atoms with van der Waals surface area (Å²) in [5.74, 6) is -0.301. The van der Waals surface area contributed by atoms with Crippen molar-refractivity contribution in [3.63, 3.8) is 0 Å². The van der Waals surface area contributed by atoms with Crippen LogP contribution in [0.15, 0.2) is 48.7 Å². The van der Waals surface area contributed by atoms with Crippen molar-refractivity contribution in [2.75, 3.05) is 7.11 Å². The third-order valence-corrected chi connectivity index (χ3v) is 3.16. The van der Waals surface area contributed by atoms with E-state index >= 15 is 0 Å². The largest absolute Gasteiger partial charge is 0.468 e. The lowest BCUT2D eigenvalue weighted by atomic mass is 10.1. The Labute approximate surface area is 118 Å². The van der Waals surface area contributed by atoms with Crippen LogP contribution in [0.5, 0.6) is 0 Å². The standard InChI is InChI=1S/C16H18N2O2/c1-12-7-6-10-17-14(12)11-18-15(16(19)20-2)13-8-4-3-5-9-13/h3-10,15,18H,11H2,1-2H3. The van der Waals surface area contributed by atoms with Gasteiger partial charge in [-0.3, -0.25) is 10.3 Å². The zero-order valence-corrected chi connectivity index (χ0v) is 11.7. The number of pyridine rings is 1. The summed E-state index contributed by atoms with van der Waals surface area (Å²) in [6.45, 7) is 2.51. The van der Waals surface area contributed by atoms with E-state index in [0.29, 0.717) is 6.54 Å². The van der Waals surface area contributed by atoms with E-state index in [1.165, 1.54) is 7.11 Å². The lowest BCUT2D eigenvalue weighted by molar-refractivity contribution is -0.143. The van der Waals surface area contributed by atoms with Gasteiger partial charge in [0.05, 0.1) is 12.8 Å². The van der Waals surface area contributed by atoms with Crippen molar-refractivity contribution in [1.82, 2.24) is 10.3 Å². The molecule has 1 aromatic carbocycles. The highest BCUT2D eigenvalue weighted by Crippen LogP contribution is 2.15. The van der Waals surface area contributed by atoms with E-state index in [4.69, 9.17) is 4.74 Å². The Morgan fingerprint density at radius 3 is 2.65 bits per heavy atom. The number of esters is 1. The summed E-state index contributed by atoms with van der Waals surface area (Å²) in [6, 6.07) is 12.9. The Kier molecular flexibility index (Phi) is 4.85. The van der Waals surface area contributed by atoms with E-state index in [-0.39, 0.29) is 5.97 Å². The van der Waals surface area contributed by atoms with Crippen molar-refractivity contribution in [3.05, 3.63) is 65.5 Å². The fourth-order valence-electron chi connectivity index (χ4n) is 2.00. The third kappa shape index (κ3) is 3.42. The van der Waals surface area contributed by atoms with Crippen LogP contribution in [0.1, 0.15) is 22.9 Å². The zero-order chi connectivity index (χ0) is 14.4. The molecule has 0 bridgehead atoms. The Balaban J connectivity index is 2.14. The van der Waals surface area contributed by atoms with Crippen molar-refractivity contribution in [2.24, 2.45) is 0 Å². The van der Waals surface area contributed by atoms with E-state index in [0.717, 1.165) is 16.8 Å². The number of carbonyl (C=O) groups is 1. The van der Waals surface area contributed by atoms with Gasteiger partial charge in [-0.15, -0.1) is 0 Å². The molecule has 2 rings (SSSR count). The van der Waals surface area contributed by atoms with E-state index in [9.17, 15) is 4.79 Å². The highest BCUT2D eigenvalue weighted by atomic mass is 16.5. The fraction of sp³-hybridized carbons (Fsp3) is 0.250. The first-order valence-electron chi connectivity index (χ1n) is 6.49. The molecule has 1 heterocycles. The topological polar surface area (TPSA) is 51.2 Å². The lowest BCUT2D eigenvalue weighted by Gasteiger charge is -2.17. The molecule has 1 N–H and O–H groups in total. The smallest absolute Gasteiger partial charge is 0.327 e. The van der Waals surface area contributed by atoms with Crippen molar-refractivity contribution in [3.8, 4) is 0 Å². The van der Waals surface area contributed by atoms with Crippen LogP contribution in [0.3, 0.4) is 0 Å². The van der Waals surface area contributed by atoms with Gasteiger partial charge in [-0.25, -0.2) is 4.79 Å². The second-order valence-corrected chi connectivity index (χ2v) is 4.51. The molecule has 0 aliphatic rings. The first-order valence-corrected chi connectivity index (χ1v) is 6.49. The molecule has 2 aromatic rings. The van der Waals surface area contributed by atoms with Gasteiger partial charge in [0.2, 0.25) is 0 Å². The molecule has 1 aromatic heterocycles. The summed E-state index contributed by atoms with van der Waals surface area (Å²) in [6.07, 6.45) is 1.75. The predicted molar refractivity (Wildman–Crippen MR) is 77.0 cm³/mol. The molecule has 0 fully saturated rings. The normalized spacial score (nSPS) is 11.9. The number of carbonyl (C=O) groups excluding carboxylic acids is 1. The molecule has 20 heavy (non-hydrogen) atoms. The molecule has 1 atom stereocenters. The van der Waals surface area contributed by atoms with Gasteiger partial charge in [-0.1, -0.05) is 36.4 Å². The minimum Gasteiger partial charge on any atom is -0.468 e. The molecule has 0 aliphatic heterocycles. The van der Waals surface area contributed by atoms with Crippen molar-refractivity contribution >= 4 is 5.97 Å².